The number of fused-ring (bicyclic) bond motifs is 4. The second-order valence-corrected chi connectivity index (χ2v) is 9.71. The molecule has 2 aliphatic rings. The first-order valence-electron chi connectivity index (χ1n) is 10.3. The third-order valence-electron chi connectivity index (χ3n) is 5.67. The van der Waals surface area contributed by atoms with Crippen LogP contribution in [0, 0.1) is 5.82 Å². The molecular formula is C22H23FN2O4S2. The molecule has 0 atom stereocenters. The maximum absolute atomic E-state index is 14.1. The lowest BCUT2D eigenvalue weighted by molar-refractivity contribution is -0.0171. The van der Waals surface area contributed by atoms with E-state index >= 15 is 0 Å². The summed E-state index contributed by atoms with van der Waals surface area (Å²) in [7, 11) is 1.62. The minimum absolute atomic E-state index is 0.00475. The van der Waals surface area contributed by atoms with E-state index in [1.54, 1.807) is 23.0 Å². The van der Waals surface area contributed by atoms with Crippen molar-refractivity contribution in [2.24, 2.45) is 0 Å². The van der Waals surface area contributed by atoms with Gasteiger partial charge in [0.15, 0.2) is 11.9 Å². The van der Waals surface area contributed by atoms with E-state index in [0.717, 1.165) is 41.5 Å². The lowest BCUT2D eigenvalue weighted by Crippen LogP contribution is -2.25. The average Bonchev–Trinajstić information content (AvgIpc) is 3.15. The molecule has 2 aromatic heterocycles. The molecular weight excluding hydrogens is 439 g/mol. The largest absolute Gasteiger partial charge is 0.467 e. The Balaban J connectivity index is 1.53. The van der Waals surface area contributed by atoms with Crippen molar-refractivity contribution in [1.29, 1.82) is 0 Å². The summed E-state index contributed by atoms with van der Waals surface area (Å²) in [6.07, 6.45) is 4.23. The fourth-order valence-electron chi connectivity index (χ4n) is 4.22. The van der Waals surface area contributed by atoms with Gasteiger partial charge in [-0.3, -0.25) is 9.36 Å². The predicted octanol–water partition coefficient (Wildman–Crippen LogP) is 4.28. The number of aryl methyl sites for hydroxylation is 2. The summed E-state index contributed by atoms with van der Waals surface area (Å²) >= 11 is 3.06. The van der Waals surface area contributed by atoms with Gasteiger partial charge in [-0.25, -0.2) is 9.37 Å². The zero-order chi connectivity index (χ0) is 21.4. The van der Waals surface area contributed by atoms with Gasteiger partial charge in [0.2, 0.25) is 0 Å². The minimum Gasteiger partial charge on any atom is -0.467 e. The predicted molar refractivity (Wildman–Crippen MR) is 119 cm³/mol. The van der Waals surface area contributed by atoms with Crippen molar-refractivity contribution in [3.8, 4) is 5.75 Å². The molecule has 0 unspecified atom stereocenters. The minimum atomic E-state index is -0.324. The van der Waals surface area contributed by atoms with Crippen LogP contribution < -0.4 is 10.3 Å². The van der Waals surface area contributed by atoms with Crippen molar-refractivity contribution >= 4 is 33.3 Å². The van der Waals surface area contributed by atoms with Crippen LogP contribution in [0.3, 0.4) is 0 Å². The molecule has 6 nitrogen and oxygen atoms in total. The molecule has 0 amide bonds. The molecule has 0 saturated carbocycles. The van der Waals surface area contributed by atoms with Crippen molar-refractivity contribution in [3.05, 3.63) is 49.9 Å². The number of halogens is 1. The molecule has 0 bridgehead atoms. The third-order valence-corrected chi connectivity index (χ3v) is 7.88. The Bertz CT molecular complexity index is 1190. The van der Waals surface area contributed by atoms with Gasteiger partial charge < -0.3 is 14.2 Å². The molecule has 164 valence electrons. The van der Waals surface area contributed by atoms with Crippen LogP contribution in [0.2, 0.25) is 0 Å². The van der Waals surface area contributed by atoms with Gasteiger partial charge in [0, 0.05) is 28.9 Å². The Kier molecular flexibility index (Phi) is 6.01. The Labute approximate surface area is 187 Å². The normalized spacial score (nSPS) is 15.5. The summed E-state index contributed by atoms with van der Waals surface area (Å²) in [5, 5.41) is 1.39. The van der Waals surface area contributed by atoms with E-state index in [4.69, 9.17) is 19.2 Å². The molecule has 1 aliphatic heterocycles. The van der Waals surface area contributed by atoms with E-state index < -0.39 is 0 Å². The van der Waals surface area contributed by atoms with E-state index in [1.165, 1.54) is 34.3 Å². The van der Waals surface area contributed by atoms with Crippen molar-refractivity contribution in [3.63, 3.8) is 0 Å². The molecule has 0 spiro atoms. The van der Waals surface area contributed by atoms with E-state index in [-0.39, 0.29) is 18.2 Å². The average molecular weight is 463 g/mol. The number of benzene rings is 1. The van der Waals surface area contributed by atoms with Crippen LogP contribution in [-0.2, 0) is 41.2 Å². The Hall–Kier alpha value is -1.94. The number of ether oxygens (including phenoxy) is 3. The monoisotopic (exact) mass is 462 g/mol. The highest BCUT2D eigenvalue weighted by Crippen LogP contribution is 2.36. The number of methoxy groups -OCH3 is 1. The van der Waals surface area contributed by atoms with Crippen LogP contribution in [-0.4, -0.2) is 30.1 Å². The lowest BCUT2D eigenvalue weighted by atomic mass is 9.97. The van der Waals surface area contributed by atoms with Gasteiger partial charge in [0.25, 0.3) is 5.56 Å². The van der Waals surface area contributed by atoms with E-state index in [0.29, 0.717) is 42.0 Å². The number of hydrogen-bond acceptors (Lipinski definition) is 7. The van der Waals surface area contributed by atoms with Gasteiger partial charge in [-0.1, -0.05) is 11.8 Å². The zero-order valence-electron chi connectivity index (χ0n) is 17.2. The van der Waals surface area contributed by atoms with Gasteiger partial charge >= 0.3 is 0 Å². The maximum Gasteiger partial charge on any atom is 0.263 e. The van der Waals surface area contributed by atoms with Gasteiger partial charge in [-0.05, 0) is 43.4 Å². The smallest absolute Gasteiger partial charge is 0.263 e. The van der Waals surface area contributed by atoms with Crippen LogP contribution in [0.25, 0.3) is 10.2 Å². The fourth-order valence-corrected chi connectivity index (χ4v) is 6.51. The van der Waals surface area contributed by atoms with Crippen LogP contribution in [0.4, 0.5) is 4.39 Å². The molecule has 1 aromatic carbocycles. The van der Waals surface area contributed by atoms with Crippen LogP contribution in [0.1, 0.15) is 34.4 Å². The van der Waals surface area contributed by atoms with Gasteiger partial charge in [-0.15, -0.1) is 11.3 Å². The van der Waals surface area contributed by atoms with Crippen LogP contribution in [0.15, 0.2) is 22.1 Å². The number of thiophene rings is 1. The standard InChI is InChI=1S/C22H23FN2O4S2/c1-27-7-6-25-21(26)18-16-4-2-3-5-17(16)31-20(18)24-22(25)30-11-14-9-15(23)8-13-10-28-12-29-19(13)14/h8-9H,2-7,10-12H2,1H3. The molecule has 0 saturated heterocycles. The van der Waals surface area contributed by atoms with Crippen LogP contribution >= 0.6 is 23.1 Å². The molecule has 1 aliphatic carbocycles. The quantitative estimate of drug-likeness (QED) is 0.403. The van der Waals surface area contributed by atoms with Crippen molar-refractivity contribution in [2.45, 2.75) is 49.7 Å². The molecule has 0 N–H and O–H groups in total. The SMILES string of the molecule is COCCn1c(SCc2cc(F)cc3c2OCOC3)nc2sc3c(c2c1=O)CCCC3. The fraction of sp³-hybridized carbons (Fsp3) is 0.455. The summed E-state index contributed by atoms with van der Waals surface area (Å²) in [5.41, 5.74) is 2.61. The number of aromatic nitrogens is 2. The van der Waals surface area contributed by atoms with Gasteiger partial charge in [-0.2, -0.15) is 0 Å². The number of thioether (sulfide) groups is 1. The first-order chi connectivity index (χ1) is 15.2. The highest BCUT2D eigenvalue weighted by atomic mass is 32.2. The van der Waals surface area contributed by atoms with E-state index in [2.05, 4.69) is 0 Å². The number of nitrogens with zero attached hydrogens (tertiary/aromatic N) is 2. The first-order valence-corrected chi connectivity index (χ1v) is 12.1. The number of rotatable bonds is 6. The van der Waals surface area contributed by atoms with Crippen molar-refractivity contribution in [2.75, 3.05) is 20.5 Å². The molecule has 0 radical (unpaired) electrons. The Morgan fingerprint density at radius 3 is 3.06 bits per heavy atom. The third kappa shape index (κ3) is 4.00. The zero-order valence-corrected chi connectivity index (χ0v) is 18.9. The lowest BCUT2D eigenvalue weighted by Gasteiger charge is -2.21. The molecule has 9 heteroatoms. The molecule has 0 fully saturated rings. The van der Waals surface area contributed by atoms with E-state index in [1.807, 2.05) is 0 Å². The summed E-state index contributed by atoms with van der Waals surface area (Å²) < 4.78 is 32.0. The van der Waals surface area contributed by atoms with Crippen LogP contribution in [0.5, 0.6) is 5.75 Å². The summed E-state index contributed by atoms with van der Waals surface area (Å²) in [4.78, 5) is 20.4. The van der Waals surface area contributed by atoms with Gasteiger partial charge in [0.05, 0.1) is 25.1 Å². The Morgan fingerprint density at radius 1 is 1.32 bits per heavy atom. The molecule has 5 rings (SSSR count). The molecule has 3 aromatic rings. The van der Waals surface area contributed by atoms with Gasteiger partial charge in [0.1, 0.15) is 16.4 Å². The highest BCUT2D eigenvalue weighted by Gasteiger charge is 2.23. The topological polar surface area (TPSA) is 62.6 Å². The van der Waals surface area contributed by atoms with E-state index in [9.17, 15) is 9.18 Å². The van der Waals surface area contributed by atoms with Crippen molar-refractivity contribution < 1.29 is 18.6 Å². The summed E-state index contributed by atoms with van der Waals surface area (Å²) in [6, 6.07) is 2.93. The maximum atomic E-state index is 14.1. The Morgan fingerprint density at radius 2 is 2.19 bits per heavy atom. The van der Waals surface area contributed by atoms with Crippen molar-refractivity contribution in [1.82, 2.24) is 9.55 Å². The highest BCUT2D eigenvalue weighted by molar-refractivity contribution is 7.98. The second kappa shape index (κ2) is 8.90. The molecule has 3 heterocycles. The summed E-state index contributed by atoms with van der Waals surface area (Å²) in [5.74, 6) is 0.781. The summed E-state index contributed by atoms with van der Waals surface area (Å²) in [6.45, 7) is 1.33. The number of hydrogen-bond donors (Lipinski definition) is 0. The first kappa shape index (κ1) is 20.9. The second-order valence-electron chi connectivity index (χ2n) is 7.69. The molecule has 31 heavy (non-hydrogen) atoms.